The van der Waals surface area contributed by atoms with Gasteiger partial charge in [-0.3, -0.25) is 19.1 Å². The van der Waals surface area contributed by atoms with Crippen molar-refractivity contribution in [2.24, 2.45) is 18.9 Å². The third-order valence-electron chi connectivity index (χ3n) is 10.3. The van der Waals surface area contributed by atoms with E-state index in [0.29, 0.717) is 35.1 Å². The van der Waals surface area contributed by atoms with E-state index in [4.69, 9.17) is 21.3 Å². The lowest BCUT2D eigenvalue weighted by atomic mass is 9.75. The van der Waals surface area contributed by atoms with Crippen molar-refractivity contribution in [2.75, 3.05) is 27.3 Å². The van der Waals surface area contributed by atoms with Crippen LogP contribution in [0, 0.1) is 11.8 Å². The Morgan fingerprint density at radius 2 is 1.92 bits per heavy atom. The van der Waals surface area contributed by atoms with E-state index in [1.54, 1.807) is 38.3 Å². The Morgan fingerprint density at radius 1 is 1.15 bits per heavy atom. The van der Waals surface area contributed by atoms with Crippen LogP contribution in [0.15, 0.2) is 54.7 Å². The number of aromatic amines is 1. The number of likely N-dealkylation sites (N-methyl/N-ethyl adjacent to an activating group) is 2. The molecule has 1 unspecified atom stereocenters. The van der Waals surface area contributed by atoms with Crippen LogP contribution in [0.3, 0.4) is 0 Å². The third-order valence-corrected chi connectivity index (χ3v) is 10.7. The number of H-pyrrole nitrogens is 1. The molecule has 4 atom stereocenters. The zero-order chi connectivity index (χ0) is 34.2. The van der Waals surface area contributed by atoms with E-state index in [-0.39, 0.29) is 42.1 Å². The summed E-state index contributed by atoms with van der Waals surface area (Å²) in [4.78, 5) is 51.2. The Bertz CT molecular complexity index is 1810. The maximum atomic E-state index is 14.4. The standard InChI is InChI=1S/C36H44ClN7O4/c1-21(2)29(24-11-6-7-12-25(24)37)30(42-33(45)28-15-17-39-44(28)5)32-40-26-14-13-23(19-27(26)41-32)36(16-18-48-20-36)35(47)43(4)31(34(46)38-3)22-9-8-10-22/h6-7,11-15,17,19,21-22,29-31H,8-10,16,18,20H2,1-5H3,(H,38,46)(H,40,41)(H,42,45)/t29-,30-,31+,36?/m0/s1. The smallest absolute Gasteiger partial charge is 0.270 e. The van der Waals surface area contributed by atoms with E-state index in [1.165, 1.54) is 4.68 Å². The number of imidazole rings is 1. The lowest BCUT2D eigenvalue weighted by Crippen LogP contribution is -2.57. The number of carbonyl (C=O) groups excluding carboxylic acids is 3. The SMILES string of the molecule is CNC(=O)[C@@H](C1CCC1)N(C)C(=O)C1(c2ccc3[nH]c([C@@H](NC(=O)c4ccnn4C)[C@H](c4ccccc4Cl)C(C)C)nc3c2)CCOC1. The molecule has 0 bridgehead atoms. The molecule has 1 aliphatic heterocycles. The highest BCUT2D eigenvalue weighted by molar-refractivity contribution is 6.31. The maximum Gasteiger partial charge on any atom is 0.270 e. The molecular formula is C36H44ClN7O4. The van der Waals surface area contributed by atoms with Crippen LogP contribution in [-0.2, 0) is 26.8 Å². The fourth-order valence-electron chi connectivity index (χ4n) is 7.44. The first-order chi connectivity index (χ1) is 23.1. The second-order valence-electron chi connectivity index (χ2n) is 13.5. The predicted molar refractivity (Wildman–Crippen MR) is 184 cm³/mol. The summed E-state index contributed by atoms with van der Waals surface area (Å²) < 4.78 is 7.41. The van der Waals surface area contributed by atoms with Gasteiger partial charge in [0, 0.05) is 44.9 Å². The first kappa shape index (κ1) is 33.7. The maximum absolute atomic E-state index is 14.4. The molecule has 2 aliphatic rings. The molecule has 1 saturated carbocycles. The molecule has 4 aromatic rings. The number of hydrogen-bond acceptors (Lipinski definition) is 6. The Kier molecular flexibility index (Phi) is 9.62. The lowest BCUT2D eigenvalue weighted by Gasteiger charge is -2.41. The van der Waals surface area contributed by atoms with Crippen LogP contribution in [0.4, 0.5) is 0 Å². The number of carbonyl (C=O) groups is 3. The van der Waals surface area contributed by atoms with Crippen LogP contribution in [0.1, 0.15) is 78.9 Å². The fourth-order valence-corrected chi connectivity index (χ4v) is 7.70. The molecule has 254 valence electrons. The second-order valence-corrected chi connectivity index (χ2v) is 13.9. The van der Waals surface area contributed by atoms with Crippen molar-refractivity contribution >= 4 is 40.4 Å². The van der Waals surface area contributed by atoms with Crippen molar-refractivity contribution < 1.29 is 19.1 Å². The average Bonchev–Trinajstić information content (AvgIpc) is 3.82. The molecule has 12 heteroatoms. The number of nitrogens with zero attached hydrogens (tertiary/aromatic N) is 4. The van der Waals surface area contributed by atoms with Crippen LogP contribution in [0.25, 0.3) is 11.0 Å². The summed E-state index contributed by atoms with van der Waals surface area (Å²) in [5, 5.41) is 10.8. The first-order valence-corrected chi connectivity index (χ1v) is 17.0. The van der Waals surface area contributed by atoms with Crippen LogP contribution < -0.4 is 10.6 Å². The Labute approximate surface area is 285 Å². The number of ether oxygens (including phenoxy) is 1. The van der Waals surface area contributed by atoms with E-state index in [0.717, 1.165) is 35.9 Å². The number of fused-ring (bicyclic) bond motifs is 1. The molecule has 3 amide bonds. The topological polar surface area (TPSA) is 134 Å². The van der Waals surface area contributed by atoms with Crippen molar-refractivity contribution in [1.29, 1.82) is 0 Å². The van der Waals surface area contributed by atoms with Crippen LogP contribution in [-0.4, -0.2) is 75.7 Å². The van der Waals surface area contributed by atoms with Gasteiger partial charge in [0.2, 0.25) is 11.8 Å². The Balaban J connectivity index is 1.40. The van der Waals surface area contributed by atoms with Crippen molar-refractivity contribution in [2.45, 2.75) is 62.9 Å². The van der Waals surface area contributed by atoms with Gasteiger partial charge in [-0.05, 0) is 66.5 Å². The third kappa shape index (κ3) is 6.09. The minimum atomic E-state index is -0.955. The molecule has 2 aromatic carbocycles. The molecule has 0 spiro atoms. The Hall–Kier alpha value is -4.22. The van der Waals surface area contributed by atoms with Gasteiger partial charge in [-0.2, -0.15) is 5.10 Å². The van der Waals surface area contributed by atoms with Gasteiger partial charge in [-0.1, -0.05) is 56.1 Å². The molecule has 2 fully saturated rings. The van der Waals surface area contributed by atoms with Gasteiger partial charge >= 0.3 is 0 Å². The van der Waals surface area contributed by atoms with E-state index in [2.05, 4.69) is 34.6 Å². The highest BCUT2D eigenvalue weighted by Gasteiger charge is 2.49. The molecule has 0 radical (unpaired) electrons. The summed E-state index contributed by atoms with van der Waals surface area (Å²) in [6.45, 7) is 4.85. The summed E-state index contributed by atoms with van der Waals surface area (Å²) >= 11 is 6.75. The average molecular weight is 674 g/mol. The van der Waals surface area contributed by atoms with Gasteiger partial charge in [0.15, 0.2) is 0 Å². The van der Waals surface area contributed by atoms with Gasteiger partial charge < -0.3 is 25.3 Å². The lowest BCUT2D eigenvalue weighted by molar-refractivity contribution is -0.146. The summed E-state index contributed by atoms with van der Waals surface area (Å²) in [5.41, 5.74) is 2.58. The minimum absolute atomic E-state index is 0.0708. The van der Waals surface area contributed by atoms with Crippen LogP contribution in [0.2, 0.25) is 5.02 Å². The quantitative estimate of drug-likeness (QED) is 0.208. The van der Waals surface area contributed by atoms with Gasteiger partial charge in [0.25, 0.3) is 5.91 Å². The van der Waals surface area contributed by atoms with Crippen LogP contribution in [0.5, 0.6) is 0 Å². The number of benzene rings is 2. The molecular weight excluding hydrogens is 630 g/mol. The van der Waals surface area contributed by atoms with Crippen molar-refractivity contribution in [1.82, 2.24) is 35.3 Å². The van der Waals surface area contributed by atoms with E-state index in [9.17, 15) is 14.4 Å². The summed E-state index contributed by atoms with van der Waals surface area (Å²) in [7, 11) is 5.08. The highest BCUT2D eigenvalue weighted by Crippen LogP contribution is 2.42. The summed E-state index contributed by atoms with van der Waals surface area (Å²) in [6.07, 6.45) is 4.99. The number of rotatable bonds is 11. The number of nitrogens with one attached hydrogen (secondary N) is 3. The molecule has 6 rings (SSSR count). The predicted octanol–water partition coefficient (Wildman–Crippen LogP) is 4.89. The number of amides is 3. The molecule has 2 aromatic heterocycles. The van der Waals surface area contributed by atoms with Crippen molar-refractivity contribution in [3.63, 3.8) is 0 Å². The summed E-state index contributed by atoms with van der Waals surface area (Å²) in [5.74, 6) is -0.00621. The number of hydrogen-bond donors (Lipinski definition) is 3. The van der Waals surface area contributed by atoms with E-state index < -0.39 is 17.5 Å². The zero-order valence-electron chi connectivity index (χ0n) is 28.1. The number of aromatic nitrogens is 4. The molecule has 1 aliphatic carbocycles. The van der Waals surface area contributed by atoms with E-state index in [1.807, 2.05) is 42.5 Å². The molecule has 3 N–H and O–H groups in total. The van der Waals surface area contributed by atoms with Gasteiger partial charge in [-0.25, -0.2) is 4.98 Å². The van der Waals surface area contributed by atoms with Gasteiger partial charge in [0.1, 0.15) is 17.6 Å². The minimum Gasteiger partial charge on any atom is -0.380 e. The van der Waals surface area contributed by atoms with Gasteiger partial charge in [-0.15, -0.1) is 0 Å². The fraction of sp³-hybridized carbons (Fsp3) is 0.472. The second kappa shape index (κ2) is 13.7. The Morgan fingerprint density at radius 3 is 2.52 bits per heavy atom. The zero-order valence-corrected chi connectivity index (χ0v) is 28.9. The van der Waals surface area contributed by atoms with Crippen LogP contribution >= 0.6 is 11.6 Å². The normalized spacial score (nSPS) is 19.9. The van der Waals surface area contributed by atoms with Crippen molar-refractivity contribution in [3.05, 3.63) is 82.4 Å². The largest absolute Gasteiger partial charge is 0.380 e. The number of halogens is 1. The summed E-state index contributed by atoms with van der Waals surface area (Å²) in [6, 6.07) is 14.1. The molecule has 11 nitrogen and oxygen atoms in total. The molecule has 48 heavy (non-hydrogen) atoms. The molecule has 3 heterocycles. The highest BCUT2D eigenvalue weighted by atomic mass is 35.5. The van der Waals surface area contributed by atoms with Gasteiger partial charge in [0.05, 0.1) is 29.1 Å². The monoisotopic (exact) mass is 673 g/mol. The first-order valence-electron chi connectivity index (χ1n) is 16.7. The van der Waals surface area contributed by atoms with E-state index >= 15 is 0 Å². The van der Waals surface area contributed by atoms with Crippen molar-refractivity contribution in [3.8, 4) is 0 Å². The molecule has 1 saturated heterocycles. The number of aryl methyl sites for hydroxylation is 1.